The van der Waals surface area contributed by atoms with E-state index in [-0.39, 0.29) is 5.91 Å². The molecule has 1 rings (SSSR count). The quantitative estimate of drug-likeness (QED) is 0.741. The summed E-state index contributed by atoms with van der Waals surface area (Å²) in [4.78, 5) is 12.2. The SMILES string of the molecule is CCNC(=O)c1sc(NC(C)CC)cc1N. The van der Waals surface area contributed by atoms with Crippen molar-refractivity contribution in [3.8, 4) is 0 Å². The highest BCUT2D eigenvalue weighted by Crippen LogP contribution is 2.29. The molecule has 0 fully saturated rings. The number of thiophene rings is 1. The molecule has 0 aliphatic rings. The van der Waals surface area contributed by atoms with E-state index in [1.54, 1.807) is 0 Å². The minimum atomic E-state index is -0.0952. The zero-order chi connectivity index (χ0) is 12.1. The summed E-state index contributed by atoms with van der Waals surface area (Å²) in [6, 6.07) is 2.21. The Kier molecular flexibility index (Phi) is 4.61. The summed E-state index contributed by atoms with van der Waals surface area (Å²) in [5.41, 5.74) is 6.34. The van der Waals surface area contributed by atoms with Gasteiger partial charge in [-0.25, -0.2) is 0 Å². The average molecular weight is 241 g/mol. The van der Waals surface area contributed by atoms with E-state index < -0.39 is 0 Å². The van der Waals surface area contributed by atoms with Crippen molar-refractivity contribution in [2.45, 2.75) is 33.2 Å². The Balaban J connectivity index is 2.77. The van der Waals surface area contributed by atoms with Crippen LogP contribution in [0.25, 0.3) is 0 Å². The van der Waals surface area contributed by atoms with Gasteiger partial charge in [-0.15, -0.1) is 11.3 Å². The average Bonchev–Trinajstić information content (AvgIpc) is 2.59. The summed E-state index contributed by atoms with van der Waals surface area (Å²) >= 11 is 1.40. The van der Waals surface area contributed by atoms with Crippen LogP contribution in [0.1, 0.15) is 36.9 Å². The second-order valence-electron chi connectivity index (χ2n) is 3.71. The van der Waals surface area contributed by atoms with Gasteiger partial charge >= 0.3 is 0 Å². The lowest BCUT2D eigenvalue weighted by Gasteiger charge is -2.09. The molecule has 0 aliphatic carbocycles. The highest BCUT2D eigenvalue weighted by atomic mass is 32.1. The van der Waals surface area contributed by atoms with E-state index in [2.05, 4.69) is 24.5 Å². The summed E-state index contributed by atoms with van der Waals surface area (Å²) in [6.45, 7) is 6.71. The van der Waals surface area contributed by atoms with Crippen LogP contribution in [-0.2, 0) is 0 Å². The standard InChI is InChI=1S/C11H19N3OS/c1-4-7(3)14-9-6-8(12)10(16-9)11(15)13-5-2/h6-7,14H,4-5,12H2,1-3H3,(H,13,15). The third-order valence-electron chi connectivity index (χ3n) is 2.31. The molecule has 4 nitrogen and oxygen atoms in total. The fourth-order valence-corrected chi connectivity index (χ4v) is 2.25. The van der Waals surface area contributed by atoms with Crippen molar-refractivity contribution in [3.63, 3.8) is 0 Å². The second-order valence-corrected chi connectivity index (χ2v) is 4.76. The normalized spacial score (nSPS) is 12.2. The van der Waals surface area contributed by atoms with Crippen molar-refractivity contribution < 1.29 is 4.79 Å². The highest BCUT2D eigenvalue weighted by Gasteiger charge is 2.14. The van der Waals surface area contributed by atoms with Crippen LogP contribution >= 0.6 is 11.3 Å². The number of nitrogens with one attached hydrogen (secondary N) is 2. The van der Waals surface area contributed by atoms with Gasteiger partial charge in [-0.1, -0.05) is 6.92 Å². The van der Waals surface area contributed by atoms with Gasteiger partial charge in [0.05, 0.1) is 10.7 Å². The van der Waals surface area contributed by atoms with Crippen molar-refractivity contribution in [3.05, 3.63) is 10.9 Å². The predicted molar refractivity (Wildman–Crippen MR) is 70.1 cm³/mol. The van der Waals surface area contributed by atoms with Gasteiger partial charge < -0.3 is 16.4 Å². The van der Waals surface area contributed by atoms with E-state index in [9.17, 15) is 4.79 Å². The number of carbonyl (C=O) groups excluding carboxylic acids is 1. The molecule has 0 aromatic carbocycles. The van der Waals surface area contributed by atoms with Gasteiger partial charge in [-0.3, -0.25) is 4.79 Å². The summed E-state index contributed by atoms with van der Waals surface area (Å²) in [7, 11) is 0. The first kappa shape index (κ1) is 12.8. The largest absolute Gasteiger partial charge is 0.397 e. The molecule has 0 radical (unpaired) electrons. The molecule has 90 valence electrons. The summed E-state index contributed by atoms with van der Waals surface area (Å²) in [5, 5.41) is 7.01. The van der Waals surface area contributed by atoms with Crippen LogP contribution in [0.4, 0.5) is 10.7 Å². The van der Waals surface area contributed by atoms with E-state index in [1.807, 2.05) is 13.0 Å². The minimum absolute atomic E-state index is 0.0952. The van der Waals surface area contributed by atoms with E-state index in [0.717, 1.165) is 11.4 Å². The number of hydrogen-bond donors (Lipinski definition) is 3. The molecule has 1 heterocycles. The Morgan fingerprint density at radius 2 is 2.25 bits per heavy atom. The monoisotopic (exact) mass is 241 g/mol. The van der Waals surface area contributed by atoms with E-state index in [4.69, 9.17) is 5.73 Å². The maximum atomic E-state index is 11.6. The fourth-order valence-electron chi connectivity index (χ4n) is 1.24. The van der Waals surface area contributed by atoms with E-state index in [1.165, 1.54) is 11.3 Å². The molecule has 16 heavy (non-hydrogen) atoms. The number of nitrogen functional groups attached to an aromatic ring is 1. The van der Waals surface area contributed by atoms with Crippen LogP contribution < -0.4 is 16.4 Å². The van der Waals surface area contributed by atoms with Crippen molar-refractivity contribution >= 4 is 27.9 Å². The zero-order valence-electron chi connectivity index (χ0n) is 9.96. The lowest BCUT2D eigenvalue weighted by Crippen LogP contribution is -2.22. The Hall–Kier alpha value is -1.23. The Labute approximate surface area is 100 Å². The molecular weight excluding hydrogens is 222 g/mol. The van der Waals surface area contributed by atoms with Crippen LogP contribution in [0.2, 0.25) is 0 Å². The Morgan fingerprint density at radius 3 is 2.81 bits per heavy atom. The topological polar surface area (TPSA) is 67.2 Å². The van der Waals surface area contributed by atoms with Gasteiger partial charge in [0, 0.05) is 12.6 Å². The zero-order valence-corrected chi connectivity index (χ0v) is 10.8. The summed E-state index contributed by atoms with van der Waals surface area (Å²) in [6.07, 6.45) is 1.04. The second kappa shape index (κ2) is 5.75. The van der Waals surface area contributed by atoms with Gasteiger partial charge in [-0.2, -0.15) is 0 Å². The maximum Gasteiger partial charge on any atom is 0.263 e. The van der Waals surface area contributed by atoms with E-state index >= 15 is 0 Å². The molecule has 0 bridgehead atoms. The molecule has 1 aromatic heterocycles. The lowest BCUT2D eigenvalue weighted by molar-refractivity contribution is 0.0960. The molecule has 0 spiro atoms. The molecular formula is C11H19N3OS. The van der Waals surface area contributed by atoms with Crippen molar-refractivity contribution in [1.82, 2.24) is 5.32 Å². The maximum absolute atomic E-state index is 11.6. The highest BCUT2D eigenvalue weighted by molar-refractivity contribution is 7.18. The predicted octanol–water partition coefficient (Wildman–Crippen LogP) is 2.29. The number of nitrogens with two attached hydrogens (primary N) is 1. The first-order chi connectivity index (χ1) is 7.58. The molecule has 1 amide bonds. The molecule has 5 heteroatoms. The van der Waals surface area contributed by atoms with Crippen LogP contribution in [0.3, 0.4) is 0 Å². The number of amides is 1. The third-order valence-corrected chi connectivity index (χ3v) is 3.39. The summed E-state index contributed by atoms with van der Waals surface area (Å²) in [5.74, 6) is -0.0952. The van der Waals surface area contributed by atoms with Gasteiger partial charge in [0.1, 0.15) is 4.88 Å². The van der Waals surface area contributed by atoms with Gasteiger partial charge in [0.25, 0.3) is 5.91 Å². The molecule has 0 saturated carbocycles. The molecule has 0 saturated heterocycles. The fraction of sp³-hybridized carbons (Fsp3) is 0.545. The lowest BCUT2D eigenvalue weighted by atomic mass is 10.3. The van der Waals surface area contributed by atoms with Crippen LogP contribution in [0.5, 0.6) is 0 Å². The van der Waals surface area contributed by atoms with Gasteiger partial charge in [0.15, 0.2) is 0 Å². The van der Waals surface area contributed by atoms with Crippen LogP contribution in [-0.4, -0.2) is 18.5 Å². The van der Waals surface area contributed by atoms with Crippen molar-refractivity contribution in [2.24, 2.45) is 0 Å². The molecule has 0 aliphatic heterocycles. The number of carbonyl (C=O) groups is 1. The van der Waals surface area contributed by atoms with Gasteiger partial charge in [0.2, 0.25) is 0 Å². The Morgan fingerprint density at radius 1 is 1.56 bits per heavy atom. The molecule has 1 aromatic rings. The molecule has 1 unspecified atom stereocenters. The van der Waals surface area contributed by atoms with E-state index in [0.29, 0.717) is 23.2 Å². The third kappa shape index (κ3) is 3.13. The first-order valence-corrected chi connectivity index (χ1v) is 6.34. The number of hydrogen-bond acceptors (Lipinski definition) is 4. The minimum Gasteiger partial charge on any atom is -0.397 e. The smallest absolute Gasteiger partial charge is 0.263 e. The first-order valence-electron chi connectivity index (χ1n) is 5.52. The summed E-state index contributed by atoms with van der Waals surface area (Å²) < 4.78 is 0. The number of rotatable bonds is 5. The molecule has 4 N–H and O–H groups in total. The number of anilines is 2. The van der Waals surface area contributed by atoms with Gasteiger partial charge in [-0.05, 0) is 26.3 Å². The van der Waals surface area contributed by atoms with Crippen LogP contribution in [0.15, 0.2) is 6.07 Å². The Bertz CT molecular complexity index is 362. The van der Waals surface area contributed by atoms with Crippen molar-refractivity contribution in [2.75, 3.05) is 17.6 Å². The van der Waals surface area contributed by atoms with Crippen LogP contribution in [0, 0.1) is 0 Å². The van der Waals surface area contributed by atoms with Crippen molar-refractivity contribution in [1.29, 1.82) is 0 Å². The molecule has 1 atom stereocenters.